The number of carbonyl (C=O) groups is 2. The summed E-state index contributed by atoms with van der Waals surface area (Å²) in [5.74, 6) is -0.782. The predicted octanol–water partition coefficient (Wildman–Crippen LogP) is 1.98. The highest BCUT2D eigenvalue weighted by atomic mass is 16.5. The molecule has 4 rings (SSSR count). The molecule has 2 saturated heterocycles. The molecule has 5 nitrogen and oxygen atoms in total. The number of carboxylic acid groups (broad SMARTS) is 1. The molecule has 128 valence electrons. The molecule has 1 amide bonds. The van der Waals surface area contributed by atoms with Gasteiger partial charge in [-0.1, -0.05) is 29.8 Å². The van der Waals surface area contributed by atoms with Gasteiger partial charge in [0.05, 0.1) is 17.4 Å². The number of aliphatic carboxylic acids is 1. The Morgan fingerprint density at radius 1 is 1.29 bits per heavy atom. The summed E-state index contributed by atoms with van der Waals surface area (Å²) in [6.45, 7) is 3.76. The van der Waals surface area contributed by atoms with E-state index in [0.717, 1.165) is 24.0 Å². The van der Waals surface area contributed by atoms with Crippen LogP contribution in [0.4, 0.5) is 0 Å². The summed E-state index contributed by atoms with van der Waals surface area (Å²) >= 11 is 0. The standard InChI is InChI=1S/C19H23NO4/c1-13-3-2-4-14(9-13)18(5-6-18)16(21)20-10-15-11-24-8-7-19(15,12-20)17(22)23/h2-4,9,15H,5-8,10-12H2,1H3,(H,22,23)/t15-,19+/m0/s1. The highest BCUT2D eigenvalue weighted by Gasteiger charge is 2.59. The number of nitrogens with zero attached hydrogens (tertiary/aromatic N) is 1. The number of fused-ring (bicyclic) bond motifs is 1. The van der Waals surface area contributed by atoms with Crippen molar-refractivity contribution in [1.29, 1.82) is 0 Å². The Balaban J connectivity index is 1.61. The van der Waals surface area contributed by atoms with Gasteiger partial charge in [-0.3, -0.25) is 9.59 Å². The summed E-state index contributed by atoms with van der Waals surface area (Å²) in [6, 6.07) is 8.14. The summed E-state index contributed by atoms with van der Waals surface area (Å²) in [7, 11) is 0. The van der Waals surface area contributed by atoms with E-state index in [1.165, 1.54) is 0 Å². The van der Waals surface area contributed by atoms with Gasteiger partial charge in [-0.2, -0.15) is 0 Å². The molecule has 0 unspecified atom stereocenters. The fraction of sp³-hybridized carbons (Fsp3) is 0.579. The quantitative estimate of drug-likeness (QED) is 0.921. The summed E-state index contributed by atoms with van der Waals surface area (Å²) in [4.78, 5) is 26.9. The van der Waals surface area contributed by atoms with Crippen molar-refractivity contribution >= 4 is 11.9 Å². The van der Waals surface area contributed by atoms with Crippen LogP contribution in [0.1, 0.15) is 30.4 Å². The van der Waals surface area contributed by atoms with E-state index in [1.807, 2.05) is 25.1 Å². The molecule has 0 spiro atoms. The van der Waals surface area contributed by atoms with Gasteiger partial charge in [0, 0.05) is 25.6 Å². The van der Waals surface area contributed by atoms with Gasteiger partial charge >= 0.3 is 5.97 Å². The number of ether oxygens (including phenoxy) is 1. The van der Waals surface area contributed by atoms with E-state index in [-0.39, 0.29) is 11.8 Å². The number of amides is 1. The molecule has 1 aliphatic carbocycles. The summed E-state index contributed by atoms with van der Waals surface area (Å²) < 4.78 is 5.49. The molecule has 2 atom stereocenters. The molecule has 2 aliphatic heterocycles. The van der Waals surface area contributed by atoms with Gasteiger partial charge in [-0.05, 0) is 31.7 Å². The second-order valence-corrected chi connectivity index (χ2v) is 7.62. The van der Waals surface area contributed by atoms with Crippen molar-refractivity contribution < 1.29 is 19.4 Å². The van der Waals surface area contributed by atoms with Gasteiger partial charge in [-0.25, -0.2) is 0 Å². The number of rotatable bonds is 3. The van der Waals surface area contributed by atoms with Crippen molar-refractivity contribution in [1.82, 2.24) is 4.90 Å². The number of carbonyl (C=O) groups excluding carboxylic acids is 1. The Kier molecular flexibility index (Phi) is 3.46. The Hall–Kier alpha value is -1.88. The maximum absolute atomic E-state index is 13.2. The smallest absolute Gasteiger partial charge is 0.311 e. The minimum atomic E-state index is -0.823. The average Bonchev–Trinajstić information content (AvgIpc) is 3.28. The summed E-state index contributed by atoms with van der Waals surface area (Å²) in [5, 5.41) is 9.78. The molecule has 5 heteroatoms. The SMILES string of the molecule is Cc1cccc(C2(C(=O)N3C[C@H]4COCC[C@@]4(C(=O)O)C3)CC2)c1. The van der Waals surface area contributed by atoms with Gasteiger partial charge in [0.15, 0.2) is 0 Å². The van der Waals surface area contributed by atoms with Crippen molar-refractivity contribution in [2.24, 2.45) is 11.3 Å². The third-order valence-electron chi connectivity index (χ3n) is 6.15. The van der Waals surface area contributed by atoms with E-state index in [4.69, 9.17) is 4.74 Å². The number of hydrogen-bond donors (Lipinski definition) is 1. The fourth-order valence-corrected chi connectivity index (χ4v) is 4.45. The largest absolute Gasteiger partial charge is 0.481 e. The number of hydrogen-bond acceptors (Lipinski definition) is 3. The molecule has 1 N–H and O–H groups in total. The highest BCUT2D eigenvalue weighted by molar-refractivity contribution is 5.92. The van der Waals surface area contributed by atoms with E-state index in [0.29, 0.717) is 32.7 Å². The van der Waals surface area contributed by atoms with Gasteiger partial charge < -0.3 is 14.7 Å². The lowest BCUT2D eigenvalue weighted by atomic mass is 9.74. The first kappa shape index (κ1) is 15.6. The van der Waals surface area contributed by atoms with Crippen LogP contribution in [-0.4, -0.2) is 48.2 Å². The highest BCUT2D eigenvalue weighted by Crippen LogP contribution is 2.52. The van der Waals surface area contributed by atoms with E-state index in [9.17, 15) is 14.7 Å². The lowest BCUT2D eigenvalue weighted by molar-refractivity contribution is -0.157. The minimum Gasteiger partial charge on any atom is -0.481 e. The normalized spacial score (nSPS) is 30.7. The maximum atomic E-state index is 13.2. The lowest BCUT2D eigenvalue weighted by Crippen LogP contribution is -2.45. The third kappa shape index (κ3) is 2.18. The van der Waals surface area contributed by atoms with Gasteiger partial charge in [-0.15, -0.1) is 0 Å². The van der Waals surface area contributed by atoms with Crippen LogP contribution in [0, 0.1) is 18.3 Å². The zero-order valence-electron chi connectivity index (χ0n) is 14.0. The van der Waals surface area contributed by atoms with Crippen LogP contribution in [0.2, 0.25) is 0 Å². The van der Waals surface area contributed by atoms with Crippen molar-refractivity contribution in [2.75, 3.05) is 26.3 Å². The minimum absolute atomic E-state index is 0.0963. The van der Waals surface area contributed by atoms with Crippen LogP contribution in [0.5, 0.6) is 0 Å². The first-order chi connectivity index (χ1) is 11.5. The summed E-state index contributed by atoms with van der Waals surface area (Å²) in [5.41, 5.74) is 0.969. The average molecular weight is 329 g/mol. The molecule has 3 aliphatic rings. The van der Waals surface area contributed by atoms with Crippen molar-refractivity contribution in [3.05, 3.63) is 35.4 Å². The van der Waals surface area contributed by atoms with Gasteiger partial charge in [0.1, 0.15) is 0 Å². The van der Waals surface area contributed by atoms with Crippen LogP contribution in [0.25, 0.3) is 0 Å². The molecular weight excluding hydrogens is 306 g/mol. The Morgan fingerprint density at radius 3 is 2.71 bits per heavy atom. The van der Waals surface area contributed by atoms with Crippen LogP contribution >= 0.6 is 0 Å². The third-order valence-corrected chi connectivity index (χ3v) is 6.15. The second kappa shape index (κ2) is 5.31. The second-order valence-electron chi connectivity index (χ2n) is 7.62. The molecule has 0 radical (unpaired) electrons. The fourth-order valence-electron chi connectivity index (χ4n) is 4.45. The van der Waals surface area contributed by atoms with E-state index in [1.54, 1.807) is 4.90 Å². The molecule has 24 heavy (non-hydrogen) atoms. The number of benzene rings is 1. The van der Waals surface area contributed by atoms with Crippen LogP contribution in [0.3, 0.4) is 0 Å². The molecule has 0 aromatic heterocycles. The van der Waals surface area contributed by atoms with E-state index in [2.05, 4.69) is 6.07 Å². The van der Waals surface area contributed by atoms with Crippen LogP contribution < -0.4 is 0 Å². The monoisotopic (exact) mass is 329 g/mol. The van der Waals surface area contributed by atoms with Crippen LogP contribution in [-0.2, 0) is 19.7 Å². The first-order valence-electron chi connectivity index (χ1n) is 8.66. The number of likely N-dealkylation sites (tertiary alicyclic amines) is 1. The van der Waals surface area contributed by atoms with Crippen molar-refractivity contribution in [3.63, 3.8) is 0 Å². The molecule has 0 bridgehead atoms. The lowest BCUT2D eigenvalue weighted by Gasteiger charge is -2.34. The predicted molar refractivity (Wildman–Crippen MR) is 87.7 cm³/mol. The van der Waals surface area contributed by atoms with E-state index < -0.39 is 16.8 Å². The number of aryl methyl sites for hydroxylation is 1. The molecular formula is C19H23NO4. The van der Waals surface area contributed by atoms with Crippen molar-refractivity contribution in [2.45, 2.75) is 31.6 Å². The zero-order chi connectivity index (χ0) is 16.9. The van der Waals surface area contributed by atoms with Gasteiger partial charge in [0.2, 0.25) is 5.91 Å². The molecule has 1 aromatic rings. The van der Waals surface area contributed by atoms with Crippen molar-refractivity contribution in [3.8, 4) is 0 Å². The van der Waals surface area contributed by atoms with Gasteiger partial charge in [0.25, 0.3) is 0 Å². The molecule has 1 saturated carbocycles. The van der Waals surface area contributed by atoms with E-state index >= 15 is 0 Å². The topological polar surface area (TPSA) is 66.8 Å². The Morgan fingerprint density at radius 2 is 2.08 bits per heavy atom. The molecule has 3 fully saturated rings. The maximum Gasteiger partial charge on any atom is 0.311 e. The Labute approximate surface area is 141 Å². The zero-order valence-corrected chi connectivity index (χ0v) is 14.0. The van der Waals surface area contributed by atoms with Crippen LogP contribution in [0.15, 0.2) is 24.3 Å². The molecule has 1 aromatic carbocycles. The molecule has 2 heterocycles. The number of carboxylic acids is 1. The first-order valence-corrected chi connectivity index (χ1v) is 8.66. The summed E-state index contributed by atoms with van der Waals surface area (Å²) in [6.07, 6.45) is 2.20. The Bertz CT molecular complexity index is 696.